The summed E-state index contributed by atoms with van der Waals surface area (Å²) in [7, 11) is 0. The number of nitro benzene ring substituents is 1. The van der Waals surface area contributed by atoms with Crippen molar-refractivity contribution in [2.24, 2.45) is 17.6 Å². The first kappa shape index (κ1) is 11.7. The molecule has 0 saturated heterocycles. The van der Waals surface area contributed by atoms with Gasteiger partial charge >= 0.3 is 0 Å². The molecule has 4 nitrogen and oxygen atoms in total. The highest BCUT2D eigenvalue weighted by molar-refractivity contribution is 5.41. The number of nitrogens with zero attached hydrogens (tertiary/aromatic N) is 1. The molecule has 0 radical (unpaired) electrons. The van der Waals surface area contributed by atoms with Crippen LogP contribution in [0.4, 0.5) is 5.69 Å². The lowest BCUT2D eigenvalue weighted by atomic mass is 9.77. The van der Waals surface area contributed by atoms with Gasteiger partial charge in [-0.25, -0.2) is 0 Å². The van der Waals surface area contributed by atoms with E-state index < -0.39 is 0 Å². The Morgan fingerprint density at radius 2 is 2.17 bits per heavy atom. The van der Waals surface area contributed by atoms with Crippen molar-refractivity contribution < 1.29 is 4.92 Å². The van der Waals surface area contributed by atoms with Gasteiger partial charge < -0.3 is 5.73 Å². The number of hydrogen-bond acceptors (Lipinski definition) is 3. The first-order chi connectivity index (χ1) is 8.58. The van der Waals surface area contributed by atoms with E-state index in [0.717, 1.165) is 17.9 Å². The molecule has 0 heterocycles. The van der Waals surface area contributed by atoms with Crippen LogP contribution in [0.15, 0.2) is 24.3 Å². The van der Waals surface area contributed by atoms with Gasteiger partial charge in [0.15, 0.2) is 0 Å². The Morgan fingerprint density at radius 3 is 2.78 bits per heavy atom. The van der Waals surface area contributed by atoms with Crippen molar-refractivity contribution in [1.29, 1.82) is 0 Å². The lowest BCUT2D eigenvalue weighted by Gasteiger charge is -2.33. The number of para-hydroxylation sites is 1. The van der Waals surface area contributed by atoms with Gasteiger partial charge in [-0.1, -0.05) is 24.6 Å². The molecule has 2 aliphatic carbocycles. The summed E-state index contributed by atoms with van der Waals surface area (Å²) in [6.07, 6.45) is 5.38. The Labute approximate surface area is 106 Å². The quantitative estimate of drug-likeness (QED) is 0.658. The Balaban J connectivity index is 1.87. The van der Waals surface area contributed by atoms with Gasteiger partial charge in [0.05, 0.1) is 4.92 Å². The van der Waals surface area contributed by atoms with Gasteiger partial charge in [0.1, 0.15) is 0 Å². The van der Waals surface area contributed by atoms with Crippen molar-refractivity contribution in [1.82, 2.24) is 0 Å². The second kappa shape index (κ2) is 4.05. The summed E-state index contributed by atoms with van der Waals surface area (Å²) < 4.78 is 0. The van der Waals surface area contributed by atoms with E-state index in [4.69, 9.17) is 5.73 Å². The summed E-state index contributed by atoms with van der Waals surface area (Å²) in [5.41, 5.74) is 7.31. The van der Waals surface area contributed by atoms with E-state index in [1.807, 2.05) is 12.1 Å². The number of hydrogen-bond donors (Lipinski definition) is 1. The Hall–Kier alpha value is -1.42. The summed E-state index contributed by atoms with van der Waals surface area (Å²) in [5, 5.41) is 11.0. The van der Waals surface area contributed by atoms with Crippen LogP contribution in [0.5, 0.6) is 0 Å². The van der Waals surface area contributed by atoms with Gasteiger partial charge in [0.2, 0.25) is 0 Å². The van der Waals surface area contributed by atoms with Crippen LogP contribution in [0.3, 0.4) is 0 Å². The van der Waals surface area contributed by atoms with E-state index in [2.05, 4.69) is 0 Å². The highest BCUT2D eigenvalue weighted by atomic mass is 16.6. The van der Waals surface area contributed by atoms with E-state index >= 15 is 0 Å². The predicted molar refractivity (Wildman–Crippen MR) is 69.2 cm³/mol. The van der Waals surface area contributed by atoms with Crippen LogP contribution >= 0.6 is 0 Å². The zero-order valence-electron chi connectivity index (χ0n) is 10.3. The maximum Gasteiger partial charge on any atom is 0.272 e. The monoisotopic (exact) mass is 246 g/mol. The normalized spacial score (nSPS) is 33.8. The van der Waals surface area contributed by atoms with Crippen molar-refractivity contribution in [3.05, 3.63) is 39.9 Å². The van der Waals surface area contributed by atoms with Crippen molar-refractivity contribution in [2.45, 2.75) is 37.6 Å². The smallest absolute Gasteiger partial charge is 0.272 e. The van der Waals surface area contributed by atoms with Crippen LogP contribution in [0.2, 0.25) is 0 Å². The molecular formula is C14H18N2O2. The molecule has 0 spiro atoms. The molecule has 0 amide bonds. The SMILES string of the molecule is NC1(Cc2ccccc2[N+](=O)[O-])CC2CCC1C2. The van der Waals surface area contributed by atoms with Crippen molar-refractivity contribution in [3.63, 3.8) is 0 Å². The summed E-state index contributed by atoms with van der Waals surface area (Å²) >= 11 is 0. The van der Waals surface area contributed by atoms with Crippen LogP contribution in [0.25, 0.3) is 0 Å². The molecule has 2 bridgehead atoms. The van der Waals surface area contributed by atoms with Gasteiger partial charge in [-0.3, -0.25) is 10.1 Å². The van der Waals surface area contributed by atoms with Crippen molar-refractivity contribution in [2.75, 3.05) is 0 Å². The number of nitrogens with two attached hydrogens (primary N) is 1. The minimum atomic E-state index is -0.300. The Bertz CT molecular complexity index is 488. The fraction of sp³-hybridized carbons (Fsp3) is 0.571. The largest absolute Gasteiger partial charge is 0.325 e. The van der Waals surface area contributed by atoms with Gasteiger partial charge in [-0.15, -0.1) is 0 Å². The number of benzene rings is 1. The lowest BCUT2D eigenvalue weighted by molar-refractivity contribution is -0.385. The standard InChI is InChI=1S/C14H18N2O2/c15-14(8-10-5-6-12(14)7-10)9-11-3-1-2-4-13(11)16(17)18/h1-4,10,12H,5-9,15H2. The minimum absolute atomic E-state index is 0.213. The molecule has 2 N–H and O–H groups in total. The molecule has 3 rings (SSSR count). The molecule has 96 valence electrons. The number of rotatable bonds is 3. The van der Waals surface area contributed by atoms with E-state index in [-0.39, 0.29) is 16.1 Å². The summed E-state index contributed by atoms with van der Waals surface area (Å²) in [6.45, 7) is 0. The first-order valence-electron chi connectivity index (χ1n) is 6.60. The van der Waals surface area contributed by atoms with E-state index in [9.17, 15) is 10.1 Å². The maximum absolute atomic E-state index is 11.0. The van der Waals surface area contributed by atoms with Gasteiger partial charge in [-0.2, -0.15) is 0 Å². The highest BCUT2D eigenvalue weighted by Crippen LogP contribution is 2.51. The Kier molecular flexibility index (Phi) is 2.63. The van der Waals surface area contributed by atoms with Crippen molar-refractivity contribution in [3.8, 4) is 0 Å². The molecule has 2 fully saturated rings. The summed E-state index contributed by atoms with van der Waals surface area (Å²) in [5.74, 6) is 1.31. The minimum Gasteiger partial charge on any atom is -0.325 e. The molecule has 1 aromatic rings. The van der Waals surface area contributed by atoms with Crippen LogP contribution in [-0.4, -0.2) is 10.5 Å². The fourth-order valence-electron chi connectivity index (χ4n) is 3.90. The average Bonchev–Trinajstić information content (AvgIpc) is 2.89. The summed E-state index contributed by atoms with van der Waals surface area (Å²) in [4.78, 5) is 10.7. The van der Waals surface area contributed by atoms with E-state index in [1.54, 1.807) is 12.1 Å². The second-order valence-corrected chi connectivity index (χ2v) is 5.88. The third-order valence-corrected chi connectivity index (χ3v) is 4.73. The van der Waals surface area contributed by atoms with Gasteiger partial charge in [0, 0.05) is 17.2 Å². The molecule has 2 saturated carbocycles. The number of fused-ring (bicyclic) bond motifs is 2. The summed E-state index contributed by atoms with van der Waals surface area (Å²) in [6, 6.07) is 7.00. The fourth-order valence-corrected chi connectivity index (χ4v) is 3.90. The number of nitro groups is 1. The van der Waals surface area contributed by atoms with Crippen LogP contribution in [-0.2, 0) is 6.42 Å². The van der Waals surface area contributed by atoms with Crippen LogP contribution < -0.4 is 5.73 Å². The Morgan fingerprint density at radius 1 is 1.39 bits per heavy atom. The first-order valence-corrected chi connectivity index (χ1v) is 6.60. The van der Waals surface area contributed by atoms with Crippen molar-refractivity contribution >= 4 is 5.69 Å². The molecule has 1 aromatic carbocycles. The zero-order chi connectivity index (χ0) is 12.8. The molecule has 0 aromatic heterocycles. The third-order valence-electron chi connectivity index (χ3n) is 4.73. The molecule has 4 heteroatoms. The van der Waals surface area contributed by atoms with Crippen LogP contribution in [0, 0.1) is 22.0 Å². The zero-order valence-corrected chi connectivity index (χ0v) is 10.3. The van der Waals surface area contributed by atoms with E-state index in [1.165, 1.54) is 19.3 Å². The molecule has 3 atom stereocenters. The molecule has 3 unspecified atom stereocenters. The lowest BCUT2D eigenvalue weighted by Crippen LogP contribution is -2.47. The van der Waals surface area contributed by atoms with Gasteiger partial charge in [-0.05, 0) is 37.5 Å². The molecule has 2 aliphatic rings. The molecular weight excluding hydrogens is 228 g/mol. The topological polar surface area (TPSA) is 69.2 Å². The third kappa shape index (κ3) is 1.81. The van der Waals surface area contributed by atoms with Gasteiger partial charge in [0.25, 0.3) is 5.69 Å². The molecule has 18 heavy (non-hydrogen) atoms. The van der Waals surface area contributed by atoms with Crippen LogP contribution in [0.1, 0.15) is 31.2 Å². The second-order valence-electron chi connectivity index (χ2n) is 5.88. The highest BCUT2D eigenvalue weighted by Gasteiger charge is 2.48. The average molecular weight is 246 g/mol. The maximum atomic E-state index is 11.0. The molecule has 0 aliphatic heterocycles. The predicted octanol–water partition coefficient (Wildman–Crippen LogP) is 2.65. The van der Waals surface area contributed by atoms with E-state index in [0.29, 0.717) is 12.3 Å².